The molecule has 0 N–H and O–H groups in total. The Bertz CT molecular complexity index is 235. The molecule has 0 spiro atoms. The molecule has 0 aromatic carbocycles. The van der Waals surface area contributed by atoms with Crippen LogP contribution in [0.5, 0.6) is 0 Å². The van der Waals surface area contributed by atoms with Crippen molar-refractivity contribution in [3.8, 4) is 12.3 Å². The Labute approximate surface area is 63.7 Å². The molecule has 1 atom stereocenters. The van der Waals surface area contributed by atoms with Crippen LogP contribution in [0.3, 0.4) is 0 Å². The SMILES string of the molecule is C#CC1COS(=O)(=O)SC1. The van der Waals surface area contributed by atoms with Gasteiger partial charge in [-0.15, -0.1) is 6.42 Å². The second kappa shape index (κ2) is 2.82. The summed E-state index contributed by atoms with van der Waals surface area (Å²) in [6.45, 7) is 0.131. The number of hydrogen-bond acceptors (Lipinski definition) is 4. The molecule has 0 radical (unpaired) electrons. The zero-order valence-corrected chi connectivity index (χ0v) is 6.74. The van der Waals surface area contributed by atoms with Crippen LogP contribution in [0.15, 0.2) is 0 Å². The maximum Gasteiger partial charge on any atom is 0.322 e. The van der Waals surface area contributed by atoms with E-state index in [1.54, 1.807) is 0 Å². The zero-order chi connectivity index (χ0) is 7.61. The highest BCUT2D eigenvalue weighted by molar-refractivity contribution is 8.70. The highest BCUT2D eigenvalue weighted by Gasteiger charge is 2.23. The van der Waals surface area contributed by atoms with E-state index in [0.717, 1.165) is 10.8 Å². The standard InChI is InChI=1S/C5H6O3S2/c1-2-5-3-8-10(6,7)9-4-5/h1,5H,3-4H2. The van der Waals surface area contributed by atoms with Crippen LogP contribution in [-0.2, 0) is 13.3 Å². The van der Waals surface area contributed by atoms with E-state index in [2.05, 4.69) is 10.1 Å². The largest absolute Gasteiger partial charge is 0.322 e. The average Bonchev–Trinajstić information content (AvgIpc) is 1.88. The van der Waals surface area contributed by atoms with Crippen LogP contribution < -0.4 is 0 Å². The van der Waals surface area contributed by atoms with Crippen LogP contribution in [0.1, 0.15) is 0 Å². The third-order valence-electron chi connectivity index (χ3n) is 1.06. The molecule has 0 aromatic heterocycles. The molecule has 1 rings (SSSR count). The normalized spacial score (nSPS) is 30.9. The minimum atomic E-state index is -3.30. The predicted molar refractivity (Wildman–Crippen MR) is 39.7 cm³/mol. The van der Waals surface area contributed by atoms with E-state index in [9.17, 15) is 8.42 Å². The summed E-state index contributed by atoms with van der Waals surface area (Å²) in [6, 6.07) is 0. The first kappa shape index (κ1) is 7.92. The van der Waals surface area contributed by atoms with Crippen molar-refractivity contribution in [3.63, 3.8) is 0 Å². The smallest absolute Gasteiger partial charge is 0.261 e. The minimum Gasteiger partial charge on any atom is -0.261 e. The van der Waals surface area contributed by atoms with Gasteiger partial charge in [0.1, 0.15) is 0 Å². The molecule has 3 nitrogen and oxygen atoms in total. The monoisotopic (exact) mass is 178 g/mol. The number of hydrogen-bond donors (Lipinski definition) is 0. The van der Waals surface area contributed by atoms with Crippen molar-refractivity contribution in [1.29, 1.82) is 0 Å². The number of terminal acetylenes is 1. The lowest BCUT2D eigenvalue weighted by Gasteiger charge is -2.15. The molecule has 0 aromatic rings. The summed E-state index contributed by atoms with van der Waals surface area (Å²) < 4.78 is 25.6. The average molecular weight is 178 g/mol. The van der Waals surface area contributed by atoms with Crippen molar-refractivity contribution in [2.75, 3.05) is 12.4 Å². The maximum absolute atomic E-state index is 10.6. The van der Waals surface area contributed by atoms with Crippen molar-refractivity contribution in [1.82, 2.24) is 0 Å². The Kier molecular flexibility index (Phi) is 2.24. The van der Waals surface area contributed by atoms with Gasteiger partial charge in [0.2, 0.25) is 0 Å². The van der Waals surface area contributed by atoms with Gasteiger partial charge in [0.05, 0.1) is 12.5 Å². The molecular formula is C5H6O3S2. The van der Waals surface area contributed by atoms with E-state index in [1.807, 2.05) is 0 Å². The Hall–Kier alpha value is -0.180. The second-order valence-electron chi connectivity index (χ2n) is 1.84. The highest BCUT2D eigenvalue weighted by Crippen LogP contribution is 2.24. The van der Waals surface area contributed by atoms with E-state index in [-0.39, 0.29) is 12.5 Å². The van der Waals surface area contributed by atoms with Crippen molar-refractivity contribution in [3.05, 3.63) is 0 Å². The molecule has 1 aliphatic heterocycles. The Morgan fingerprint density at radius 2 is 2.40 bits per heavy atom. The van der Waals surface area contributed by atoms with Crippen LogP contribution in [0, 0.1) is 18.3 Å². The van der Waals surface area contributed by atoms with Crippen LogP contribution in [0.25, 0.3) is 0 Å². The van der Waals surface area contributed by atoms with Crippen LogP contribution >= 0.6 is 10.8 Å². The summed E-state index contributed by atoms with van der Waals surface area (Å²) in [5.74, 6) is 2.81. The fourth-order valence-corrected chi connectivity index (χ4v) is 2.80. The van der Waals surface area contributed by atoms with Gasteiger partial charge in [-0.1, -0.05) is 5.92 Å². The molecule has 1 aliphatic rings. The number of rotatable bonds is 0. The Morgan fingerprint density at radius 3 is 2.80 bits per heavy atom. The summed E-state index contributed by atoms with van der Waals surface area (Å²) in [5, 5.41) is 0. The molecule has 10 heavy (non-hydrogen) atoms. The summed E-state index contributed by atoms with van der Waals surface area (Å²) in [7, 11) is -2.54. The van der Waals surface area contributed by atoms with Crippen molar-refractivity contribution >= 4 is 19.9 Å². The fraction of sp³-hybridized carbons (Fsp3) is 0.600. The van der Waals surface area contributed by atoms with E-state index < -0.39 is 9.15 Å². The first-order chi connectivity index (χ1) is 4.64. The third-order valence-corrected chi connectivity index (χ3v) is 3.88. The van der Waals surface area contributed by atoms with Crippen molar-refractivity contribution < 1.29 is 12.6 Å². The van der Waals surface area contributed by atoms with Crippen LogP contribution in [0.2, 0.25) is 0 Å². The summed E-state index contributed by atoms with van der Waals surface area (Å²) >= 11 is 0. The van der Waals surface area contributed by atoms with E-state index in [1.165, 1.54) is 0 Å². The maximum atomic E-state index is 10.6. The first-order valence-corrected chi connectivity index (χ1v) is 5.55. The van der Waals surface area contributed by atoms with Gasteiger partial charge < -0.3 is 0 Å². The molecule has 56 valence electrons. The van der Waals surface area contributed by atoms with Gasteiger partial charge in [0.25, 0.3) is 0 Å². The molecule has 0 aliphatic carbocycles. The lowest BCUT2D eigenvalue weighted by molar-refractivity contribution is 0.298. The van der Waals surface area contributed by atoms with Crippen LogP contribution in [0.4, 0.5) is 0 Å². The minimum absolute atomic E-state index is 0.0616. The van der Waals surface area contributed by atoms with Gasteiger partial charge in [-0.05, 0) is 10.8 Å². The topological polar surface area (TPSA) is 43.4 Å². The van der Waals surface area contributed by atoms with E-state index in [4.69, 9.17) is 6.42 Å². The molecular weight excluding hydrogens is 172 g/mol. The third kappa shape index (κ3) is 1.90. The van der Waals surface area contributed by atoms with Crippen LogP contribution in [-0.4, -0.2) is 20.8 Å². The highest BCUT2D eigenvalue weighted by atomic mass is 33.1. The summed E-state index contributed by atoms with van der Waals surface area (Å²) in [5.41, 5.74) is 0. The molecule has 1 fully saturated rings. The van der Waals surface area contributed by atoms with Gasteiger partial charge >= 0.3 is 9.15 Å². The molecule has 5 heteroatoms. The molecule has 0 amide bonds. The Balaban J connectivity index is 2.56. The van der Waals surface area contributed by atoms with Gasteiger partial charge in [0, 0.05) is 5.75 Å². The van der Waals surface area contributed by atoms with E-state index in [0.29, 0.717) is 5.75 Å². The summed E-state index contributed by atoms with van der Waals surface area (Å²) in [4.78, 5) is 0. The lowest BCUT2D eigenvalue weighted by atomic mass is 10.2. The molecule has 1 heterocycles. The lowest BCUT2D eigenvalue weighted by Crippen LogP contribution is -2.20. The van der Waals surface area contributed by atoms with E-state index >= 15 is 0 Å². The molecule has 1 unspecified atom stereocenters. The fourth-order valence-electron chi connectivity index (χ4n) is 0.509. The quantitative estimate of drug-likeness (QED) is 0.394. The molecule has 0 saturated carbocycles. The second-order valence-corrected chi connectivity index (χ2v) is 5.39. The Morgan fingerprint density at radius 1 is 1.70 bits per heavy atom. The first-order valence-electron chi connectivity index (χ1n) is 2.64. The van der Waals surface area contributed by atoms with Gasteiger partial charge in [0.15, 0.2) is 0 Å². The van der Waals surface area contributed by atoms with Crippen molar-refractivity contribution in [2.45, 2.75) is 0 Å². The predicted octanol–water partition coefficient (Wildman–Crippen LogP) is 0.244. The zero-order valence-electron chi connectivity index (χ0n) is 5.11. The van der Waals surface area contributed by atoms with Gasteiger partial charge in [-0.3, -0.25) is 4.18 Å². The molecule has 0 bridgehead atoms. The van der Waals surface area contributed by atoms with Gasteiger partial charge in [-0.2, -0.15) is 8.42 Å². The van der Waals surface area contributed by atoms with Crippen molar-refractivity contribution in [2.24, 2.45) is 5.92 Å². The summed E-state index contributed by atoms with van der Waals surface area (Å²) in [6.07, 6.45) is 5.05. The van der Waals surface area contributed by atoms with Gasteiger partial charge in [-0.25, -0.2) is 0 Å². The molecule has 1 saturated heterocycles.